The molecule has 0 heterocycles. The molecule has 2 N–H and O–H groups in total. The van der Waals surface area contributed by atoms with Crippen LogP contribution < -0.4 is 5.32 Å². The van der Waals surface area contributed by atoms with Gasteiger partial charge in [-0.1, -0.05) is 54.6 Å². The number of nitrogens with one attached hydrogen (secondary N) is 1. The molecule has 3 aromatic rings. The fraction of sp³-hybridized carbons (Fsp3) is 0.167. The third-order valence-electron chi connectivity index (χ3n) is 5.47. The topological polar surface area (TPSA) is 75.6 Å². The average Bonchev–Trinajstić information content (AvgIpc) is 3.11. The summed E-state index contributed by atoms with van der Waals surface area (Å²) in [7, 11) is 0. The number of fused-ring (bicyclic) bond motifs is 3. The molecule has 0 saturated carbocycles. The van der Waals surface area contributed by atoms with Crippen molar-refractivity contribution in [3.63, 3.8) is 0 Å². The van der Waals surface area contributed by atoms with Crippen LogP contribution in [0.1, 0.15) is 22.6 Å². The van der Waals surface area contributed by atoms with Gasteiger partial charge in [-0.2, -0.15) is 0 Å². The molecule has 32 heavy (non-hydrogen) atoms. The third-order valence-corrected chi connectivity index (χ3v) is 5.47. The van der Waals surface area contributed by atoms with Crippen LogP contribution in [-0.4, -0.2) is 29.8 Å². The maximum Gasteiger partial charge on any atom is 0.407 e. The van der Waals surface area contributed by atoms with Crippen LogP contribution in [0.3, 0.4) is 0 Å². The molecule has 0 spiro atoms. The first-order valence-electron chi connectivity index (χ1n) is 9.83. The fourth-order valence-electron chi connectivity index (χ4n) is 3.93. The van der Waals surface area contributed by atoms with Gasteiger partial charge in [0.1, 0.15) is 12.6 Å². The van der Waals surface area contributed by atoms with E-state index in [-0.39, 0.29) is 18.1 Å². The van der Waals surface area contributed by atoms with Crippen molar-refractivity contribution < 1.29 is 32.6 Å². The van der Waals surface area contributed by atoms with Gasteiger partial charge in [-0.25, -0.2) is 22.8 Å². The highest BCUT2D eigenvalue weighted by Gasteiger charge is 2.30. The molecular formula is C24H18F3NO4. The maximum absolute atomic E-state index is 13.9. The van der Waals surface area contributed by atoms with Gasteiger partial charge in [0.25, 0.3) is 0 Å². The SMILES string of the molecule is O=C(NC(Cc1ccc(F)c(F)c1F)C(=O)O)OCC1c2ccccc2-c2ccccc21. The molecule has 0 bridgehead atoms. The minimum absolute atomic E-state index is 0.0360. The maximum atomic E-state index is 13.9. The summed E-state index contributed by atoms with van der Waals surface area (Å²) >= 11 is 0. The van der Waals surface area contributed by atoms with Gasteiger partial charge in [0.05, 0.1) is 0 Å². The lowest BCUT2D eigenvalue weighted by Crippen LogP contribution is -2.43. The van der Waals surface area contributed by atoms with Crippen LogP contribution in [0.25, 0.3) is 11.1 Å². The molecule has 0 fully saturated rings. The van der Waals surface area contributed by atoms with E-state index in [9.17, 15) is 27.9 Å². The second-order valence-electron chi connectivity index (χ2n) is 7.40. The van der Waals surface area contributed by atoms with E-state index in [0.29, 0.717) is 6.07 Å². The van der Waals surface area contributed by atoms with E-state index in [4.69, 9.17) is 4.74 Å². The number of rotatable bonds is 6. The van der Waals surface area contributed by atoms with Crippen LogP contribution in [0, 0.1) is 17.5 Å². The Morgan fingerprint density at radius 2 is 1.50 bits per heavy atom. The zero-order chi connectivity index (χ0) is 22.8. The van der Waals surface area contributed by atoms with Crippen molar-refractivity contribution in [2.75, 3.05) is 6.61 Å². The Morgan fingerprint density at radius 1 is 0.906 bits per heavy atom. The van der Waals surface area contributed by atoms with Crippen LogP contribution >= 0.6 is 0 Å². The number of hydrogen-bond donors (Lipinski definition) is 2. The predicted octanol–water partition coefficient (Wildman–Crippen LogP) is 4.64. The molecule has 0 saturated heterocycles. The summed E-state index contributed by atoms with van der Waals surface area (Å²) in [5.74, 6) is -6.27. The second kappa shape index (κ2) is 8.74. The highest BCUT2D eigenvalue weighted by Crippen LogP contribution is 2.44. The largest absolute Gasteiger partial charge is 0.480 e. The van der Waals surface area contributed by atoms with E-state index in [2.05, 4.69) is 5.32 Å². The van der Waals surface area contributed by atoms with Crippen LogP contribution in [0.5, 0.6) is 0 Å². The number of benzene rings is 3. The Hall–Kier alpha value is -3.81. The number of carbonyl (C=O) groups excluding carboxylic acids is 1. The molecule has 1 atom stereocenters. The Morgan fingerprint density at radius 3 is 2.09 bits per heavy atom. The molecule has 5 nitrogen and oxygen atoms in total. The molecule has 4 rings (SSSR count). The summed E-state index contributed by atoms with van der Waals surface area (Å²) < 4.78 is 45.7. The van der Waals surface area contributed by atoms with Gasteiger partial charge in [-0.05, 0) is 33.9 Å². The summed E-state index contributed by atoms with van der Waals surface area (Å²) in [6.07, 6.45) is -1.59. The highest BCUT2D eigenvalue weighted by molar-refractivity contribution is 5.81. The Labute approximate surface area is 181 Å². The monoisotopic (exact) mass is 441 g/mol. The van der Waals surface area contributed by atoms with E-state index in [1.165, 1.54) is 0 Å². The Bertz CT molecular complexity index is 1150. The molecule has 1 amide bonds. The standard InChI is InChI=1S/C24H18F3NO4/c25-19-10-9-13(21(26)22(19)27)11-20(23(29)30)28-24(31)32-12-18-16-7-3-1-5-14(16)15-6-2-4-8-17(15)18/h1-10,18,20H,11-12H2,(H,28,31)(H,29,30). The third kappa shape index (κ3) is 4.03. The van der Waals surface area contributed by atoms with E-state index < -0.39 is 42.0 Å². The molecule has 1 unspecified atom stereocenters. The smallest absolute Gasteiger partial charge is 0.407 e. The summed E-state index contributed by atoms with van der Waals surface area (Å²) in [6.45, 7) is -0.0360. The van der Waals surface area contributed by atoms with Gasteiger partial charge in [-0.3, -0.25) is 0 Å². The van der Waals surface area contributed by atoms with E-state index in [0.717, 1.165) is 28.3 Å². The second-order valence-corrected chi connectivity index (χ2v) is 7.40. The molecular weight excluding hydrogens is 423 g/mol. The first kappa shape index (κ1) is 21.4. The Balaban J connectivity index is 1.45. The van der Waals surface area contributed by atoms with E-state index in [1.807, 2.05) is 48.5 Å². The number of ether oxygens (including phenoxy) is 1. The van der Waals surface area contributed by atoms with Gasteiger partial charge in [0, 0.05) is 12.3 Å². The van der Waals surface area contributed by atoms with E-state index >= 15 is 0 Å². The Kier molecular flexibility index (Phi) is 5.85. The number of aliphatic carboxylic acids is 1. The number of carboxylic acids is 1. The summed E-state index contributed by atoms with van der Waals surface area (Å²) in [5, 5.41) is 11.5. The van der Waals surface area contributed by atoms with Crippen LogP contribution in [0.15, 0.2) is 60.7 Å². The number of halogens is 3. The first-order valence-corrected chi connectivity index (χ1v) is 9.83. The summed E-state index contributed by atoms with van der Waals surface area (Å²) in [5.41, 5.74) is 3.67. The van der Waals surface area contributed by atoms with Crippen molar-refractivity contribution in [2.45, 2.75) is 18.4 Å². The van der Waals surface area contributed by atoms with Crippen molar-refractivity contribution in [3.8, 4) is 11.1 Å². The van der Waals surface area contributed by atoms with Gasteiger partial charge >= 0.3 is 12.1 Å². The van der Waals surface area contributed by atoms with Crippen molar-refractivity contribution in [3.05, 3.63) is 94.8 Å². The van der Waals surface area contributed by atoms with Crippen molar-refractivity contribution in [1.82, 2.24) is 5.32 Å². The molecule has 0 radical (unpaired) electrons. The van der Waals surface area contributed by atoms with Gasteiger partial charge < -0.3 is 15.2 Å². The predicted molar refractivity (Wildman–Crippen MR) is 110 cm³/mol. The molecule has 1 aliphatic rings. The zero-order valence-electron chi connectivity index (χ0n) is 16.6. The number of amides is 1. The highest BCUT2D eigenvalue weighted by atomic mass is 19.2. The average molecular weight is 441 g/mol. The number of hydrogen-bond acceptors (Lipinski definition) is 3. The van der Waals surface area contributed by atoms with Gasteiger partial charge in [0.15, 0.2) is 17.5 Å². The molecule has 0 aliphatic heterocycles. The minimum Gasteiger partial charge on any atom is -0.480 e. The number of carbonyl (C=O) groups is 2. The lowest BCUT2D eigenvalue weighted by molar-refractivity contribution is -0.139. The van der Waals surface area contributed by atoms with Crippen molar-refractivity contribution in [1.29, 1.82) is 0 Å². The molecule has 8 heteroatoms. The lowest BCUT2D eigenvalue weighted by Gasteiger charge is -2.18. The van der Waals surface area contributed by atoms with Crippen molar-refractivity contribution in [2.24, 2.45) is 0 Å². The summed E-state index contributed by atoms with van der Waals surface area (Å²) in [4.78, 5) is 23.8. The first-order chi connectivity index (χ1) is 15.4. The lowest BCUT2D eigenvalue weighted by atomic mass is 9.98. The normalized spacial score (nSPS) is 13.2. The number of carboxylic acid groups (broad SMARTS) is 1. The number of alkyl carbamates (subject to hydrolysis) is 1. The molecule has 1 aliphatic carbocycles. The zero-order valence-corrected chi connectivity index (χ0v) is 16.6. The molecule has 164 valence electrons. The van der Waals surface area contributed by atoms with Crippen LogP contribution in [0.4, 0.5) is 18.0 Å². The summed E-state index contributed by atoms with van der Waals surface area (Å²) in [6, 6.07) is 15.5. The quantitative estimate of drug-likeness (QED) is 0.547. The molecule has 0 aromatic heterocycles. The minimum atomic E-state index is -1.70. The van der Waals surface area contributed by atoms with Crippen molar-refractivity contribution >= 4 is 12.1 Å². The van der Waals surface area contributed by atoms with Crippen LogP contribution in [-0.2, 0) is 16.0 Å². The van der Waals surface area contributed by atoms with E-state index in [1.54, 1.807) is 0 Å². The fourth-order valence-corrected chi connectivity index (χ4v) is 3.93. The van der Waals surface area contributed by atoms with Gasteiger partial charge in [0.2, 0.25) is 0 Å². The van der Waals surface area contributed by atoms with Crippen LogP contribution in [0.2, 0.25) is 0 Å². The van der Waals surface area contributed by atoms with Gasteiger partial charge in [-0.15, -0.1) is 0 Å². The molecule has 3 aromatic carbocycles.